The van der Waals surface area contributed by atoms with Crippen LogP contribution in [0.25, 0.3) is 0 Å². The Morgan fingerprint density at radius 3 is 2.71 bits per heavy atom. The van der Waals surface area contributed by atoms with Crippen LogP contribution in [-0.2, 0) is 27.5 Å². The molecule has 1 fully saturated rings. The van der Waals surface area contributed by atoms with E-state index in [-0.39, 0.29) is 54.5 Å². The maximum atomic E-state index is 13.2. The zero-order valence-corrected chi connectivity index (χ0v) is 23.5. The van der Waals surface area contributed by atoms with Gasteiger partial charge in [0.1, 0.15) is 18.2 Å². The third-order valence-electron chi connectivity index (χ3n) is 7.79. The fourth-order valence-electron chi connectivity index (χ4n) is 5.47. The molecule has 41 heavy (non-hydrogen) atoms. The van der Waals surface area contributed by atoms with E-state index in [1.54, 1.807) is 11.8 Å². The summed E-state index contributed by atoms with van der Waals surface area (Å²) in [6.45, 7) is 3.56. The van der Waals surface area contributed by atoms with Crippen LogP contribution in [-0.4, -0.2) is 66.1 Å². The number of nitrogens with one attached hydrogen (secondary N) is 3. The first-order valence-corrected chi connectivity index (χ1v) is 14.3. The number of likely N-dealkylation sites (tertiary alicyclic amines) is 1. The van der Waals surface area contributed by atoms with Gasteiger partial charge in [0, 0.05) is 26.1 Å². The lowest BCUT2D eigenvalue weighted by atomic mass is 9.81. The number of unbranched alkanes of at least 4 members (excludes halogenated alkanes) is 1. The Morgan fingerprint density at radius 2 is 1.93 bits per heavy atom. The topological polar surface area (TPSA) is 169 Å². The molecule has 5 N–H and O–H groups in total. The summed E-state index contributed by atoms with van der Waals surface area (Å²) in [5.74, 6) is -0.740. The normalized spacial score (nSPS) is 22.2. The van der Waals surface area contributed by atoms with Gasteiger partial charge in [-0.15, -0.1) is 0 Å². The molecule has 1 aromatic heterocycles. The average Bonchev–Trinajstić information content (AvgIpc) is 3.35. The SMILES string of the molecule is Cc1noc2c1C(=O)N[C@@H](CCCCN)C(=O)NCC[C@H]1CN(C(=O)OCc3ccccc3)CC[C@H]1CC(=O)NC2. The Bertz CT molecular complexity index is 1200. The van der Waals surface area contributed by atoms with E-state index < -0.39 is 18.0 Å². The van der Waals surface area contributed by atoms with Gasteiger partial charge in [-0.2, -0.15) is 0 Å². The van der Waals surface area contributed by atoms with Crippen LogP contribution in [0.2, 0.25) is 0 Å². The number of rotatable bonds is 6. The van der Waals surface area contributed by atoms with Crippen molar-refractivity contribution < 1.29 is 28.4 Å². The molecule has 0 aliphatic carbocycles. The van der Waals surface area contributed by atoms with Crippen LogP contribution in [0, 0.1) is 18.8 Å². The Morgan fingerprint density at radius 1 is 1.12 bits per heavy atom. The van der Waals surface area contributed by atoms with E-state index >= 15 is 0 Å². The monoisotopic (exact) mass is 568 g/mol. The van der Waals surface area contributed by atoms with Gasteiger partial charge in [0.15, 0.2) is 5.76 Å². The number of fused-ring (bicyclic) bond motifs is 2. The van der Waals surface area contributed by atoms with E-state index in [4.69, 9.17) is 15.0 Å². The van der Waals surface area contributed by atoms with Gasteiger partial charge < -0.3 is 35.8 Å². The minimum Gasteiger partial charge on any atom is -0.445 e. The maximum Gasteiger partial charge on any atom is 0.410 e. The maximum absolute atomic E-state index is 13.2. The summed E-state index contributed by atoms with van der Waals surface area (Å²) < 4.78 is 10.9. The molecule has 1 aromatic carbocycles. The molecule has 222 valence electrons. The van der Waals surface area contributed by atoms with Crippen LogP contribution in [0.15, 0.2) is 34.9 Å². The number of benzene rings is 1. The van der Waals surface area contributed by atoms with Gasteiger partial charge in [0.2, 0.25) is 11.8 Å². The predicted molar refractivity (Wildman–Crippen MR) is 149 cm³/mol. The summed E-state index contributed by atoms with van der Waals surface area (Å²) >= 11 is 0. The highest BCUT2D eigenvalue weighted by atomic mass is 16.6. The number of carbonyl (C=O) groups is 4. The van der Waals surface area contributed by atoms with Crippen molar-refractivity contribution in [1.82, 2.24) is 26.0 Å². The number of nitrogens with two attached hydrogens (primary N) is 1. The summed E-state index contributed by atoms with van der Waals surface area (Å²) in [6.07, 6.45) is 2.88. The summed E-state index contributed by atoms with van der Waals surface area (Å²) in [6, 6.07) is 8.72. The lowest BCUT2D eigenvalue weighted by Crippen LogP contribution is -2.48. The third-order valence-corrected chi connectivity index (χ3v) is 7.79. The van der Waals surface area contributed by atoms with Crippen LogP contribution in [0.3, 0.4) is 0 Å². The van der Waals surface area contributed by atoms with Crippen LogP contribution < -0.4 is 21.7 Å². The number of piperidine rings is 1. The van der Waals surface area contributed by atoms with Gasteiger partial charge in [-0.25, -0.2) is 4.79 Å². The lowest BCUT2D eigenvalue weighted by molar-refractivity contribution is -0.124. The Kier molecular flexibility index (Phi) is 10.7. The number of aryl methyl sites for hydroxylation is 1. The van der Waals surface area contributed by atoms with Crippen molar-refractivity contribution in [2.45, 2.75) is 64.6 Å². The molecule has 3 atom stereocenters. The zero-order valence-electron chi connectivity index (χ0n) is 23.5. The molecule has 12 heteroatoms. The second-order valence-electron chi connectivity index (χ2n) is 10.7. The van der Waals surface area contributed by atoms with Crippen LogP contribution in [0.5, 0.6) is 0 Å². The molecule has 0 spiro atoms. The van der Waals surface area contributed by atoms with E-state index in [1.165, 1.54) is 0 Å². The first-order chi connectivity index (χ1) is 19.9. The van der Waals surface area contributed by atoms with E-state index in [1.807, 2.05) is 30.3 Å². The van der Waals surface area contributed by atoms with Gasteiger partial charge in [0.05, 0.1) is 12.2 Å². The predicted octanol–water partition coefficient (Wildman–Crippen LogP) is 2.01. The van der Waals surface area contributed by atoms with Gasteiger partial charge in [0.25, 0.3) is 5.91 Å². The second-order valence-corrected chi connectivity index (χ2v) is 10.7. The number of aromatic nitrogens is 1. The second kappa shape index (κ2) is 14.6. The van der Waals surface area contributed by atoms with Crippen molar-refractivity contribution in [2.75, 3.05) is 26.2 Å². The summed E-state index contributed by atoms with van der Waals surface area (Å²) in [5.41, 5.74) is 7.14. The smallest absolute Gasteiger partial charge is 0.410 e. The molecule has 2 aromatic rings. The molecular weight excluding hydrogens is 528 g/mol. The van der Waals surface area contributed by atoms with Crippen molar-refractivity contribution in [3.05, 3.63) is 52.9 Å². The summed E-state index contributed by atoms with van der Waals surface area (Å²) in [5, 5.41) is 12.5. The van der Waals surface area contributed by atoms with Crippen molar-refractivity contribution in [1.29, 1.82) is 0 Å². The standard InChI is InChI=1S/C29H40N6O6/c1-19-26-24(41-34-19)16-32-25(36)15-21-11-14-35(29(39)40-18-20-7-3-2-4-8-20)17-22(21)10-13-31-27(37)23(33-28(26)38)9-5-6-12-30/h2-4,7-8,21-23H,5-6,9-18,30H2,1H3,(H,31,37)(H,32,36)(H,33,38)/t21-,22-,23-/m0/s1. The number of carbonyl (C=O) groups excluding carboxylic acids is 4. The Balaban J connectivity index is 1.47. The highest BCUT2D eigenvalue weighted by Gasteiger charge is 2.34. The third kappa shape index (κ3) is 8.29. The Hall–Kier alpha value is -3.93. The van der Waals surface area contributed by atoms with E-state index in [9.17, 15) is 19.2 Å². The molecule has 0 saturated carbocycles. The van der Waals surface area contributed by atoms with Crippen molar-refractivity contribution in [3.63, 3.8) is 0 Å². The molecule has 2 aliphatic rings. The number of hydrogen-bond donors (Lipinski definition) is 4. The van der Waals surface area contributed by atoms with Crippen LogP contribution >= 0.6 is 0 Å². The fraction of sp³-hybridized carbons (Fsp3) is 0.552. The molecule has 2 aliphatic heterocycles. The number of ether oxygens (including phenoxy) is 1. The first-order valence-electron chi connectivity index (χ1n) is 14.3. The number of hydrogen-bond acceptors (Lipinski definition) is 8. The molecule has 0 radical (unpaired) electrons. The molecule has 4 rings (SSSR count). The fourth-order valence-corrected chi connectivity index (χ4v) is 5.47. The van der Waals surface area contributed by atoms with Crippen molar-refractivity contribution >= 4 is 23.8 Å². The van der Waals surface area contributed by atoms with Gasteiger partial charge >= 0.3 is 6.09 Å². The molecular formula is C29H40N6O6. The zero-order chi connectivity index (χ0) is 29.2. The average molecular weight is 569 g/mol. The van der Waals surface area contributed by atoms with Crippen molar-refractivity contribution in [3.8, 4) is 0 Å². The number of amides is 4. The molecule has 0 bridgehead atoms. The minimum absolute atomic E-state index is 0.00177. The number of nitrogens with zero attached hydrogens (tertiary/aromatic N) is 2. The molecule has 4 amide bonds. The highest BCUT2D eigenvalue weighted by Crippen LogP contribution is 2.30. The molecule has 12 nitrogen and oxygen atoms in total. The molecule has 3 heterocycles. The quantitative estimate of drug-likeness (QED) is 0.384. The van der Waals surface area contributed by atoms with Gasteiger partial charge in [-0.05, 0) is 63.0 Å². The van der Waals surface area contributed by atoms with E-state index in [0.717, 1.165) is 12.0 Å². The lowest BCUT2D eigenvalue weighted by Gasteiger charge is -2.38. The van der Waals surface area contributed by atoms with Crippen LogP contribution in [0.4, 0.5) is 4.79 Å². The first kappa shape index (κ1) is 30.0. The molecule has 0 unspecified atom stereocenters. The minimum atomic E-state index is -0.762. The summed E-state index contributed by atoms with van der Waals surface area (Å²) in [4.78, 5) is 53.8. The summed E-state index contributed by atoms with van der Waals surface area (Å²) in [7, 11) is 0. The van der Waals surface area contributed by atoms with Crippen LogP contribution in [0.1, 0.15) is 65.9 Å². The van der Waals surface area contributed by atoms with E-state index in [2.05, 4.69) is 21.1 Å². The van der Waals surface area contributed by atoms with Crippen molar-refractivity contribution in [2.24, 2.45) is 17.6 Å². The molecule has 1 saturated heterocycles. The Labute approximate surface area is 239 Å². The van der Waals surface area contributed by atoms with Gasteiger partial charge in [-0.3, -0.25) is 14.4 Å². The van der Waals surface area contributed by atoms with Gasteiger partial charge in [-0.1, -0.05) is 35.5 Å². The highest BCUT2D eigenvalue weighted by molar-refractivity contribution is 5.99. The largest absolute Gasteiger partial charge is 0.445 e. The van der Waals surface area contributed by atoms with E-state index in [0.29, 0.717) is 57.6 Å².